The fraction of sp³-hybridized carbons (Fsp3) is 0.160. The lowest BCUT2D eigenvalue weighted by Crippen LogP contribution is -2.41. The lowest BCUT2D eigenvalue weighted by Gasteiger charge is -2.10. The second kappa shape index (κ2) is 11.7. The van der Waals surface area contributed by atoms with Crippen molar-refractivity contribution in [3.05, 3.63) is 94.5 Å². The van der Waals surface area contributed by atoms with Gasteiger partial charge < -0.3 is 10.1 Å². The molecule has 0 aliphatic carbocycles. The Hall–Kier alpha value is -3.84. The summed E-state index contributed by atoms with van der Waals surface area (Å²) in [6, 6.07) is 20.5. The summed E-state index contributed by atoms with van der Waals surface area (Å²) in [7, 11) is 0. The summed E-state index contributed by atoms with van der Waals surface area (Å²) in [5, 5.41) is 3.40. The minimum atomic E-state index is -0.461. The molecule has 3 amide bonds. The molecule has 0 spiro atoms. The molecule has 0 atom stereocenters. The van der Waals surface area contributed by atoms with Gasteiger partial charge in [0.05, 0.1) is 6.61 Å². The number of anilines is 1. The van der Waals surface area contributed by atoms with Crippen LogP contribution in [0.25, 0.3) is 0 Å². The van der Waals surface area contributed by atoms with Crippen molar-refractivity contribution in [1.82, 2.24) is 10.9 Å². The maximum atomic E-state index is 12.2. The maximum absolute atomic E-state index is 12.2. The third-order valence-corrected chi connectivity index (χ3v) is 4.93. The van der Waals surface area contributed by atoms with Crippen LogP contribution in [0.1, 0.15) is 39.1 Å². The van der Waals surface area contributed by atoms with Gasteiger partial charge in [0.2, 0.25) is 5.91 Å². The zero-order valence-corrected chi connectivity index (χ0v) is 18.8. The van der Waals surface area contributed by atoms with Crippen molar-refractivity contribution in [1.29, 1.82) is 0 Å². The molecule has 170 valence electrons. The molecule has 0 aliphatic heterocycles. The summed E-state index contributed by atoms with van der Waals surface area (Å²) in [5.74, 6) is -0.310. The van der Waals surface area contributed by atoms with Crippen LogP contribution < -0.4 is 20.9 Å². The van der Waals surface area contributed by atoms with Gasteiger partial charge in [0, 0.05) is 28.3 Å². The molecule has 0 bridgehead atoms. The summed E-state index contributed by atoms with van der Waals surface area (Å²) in [6.45, 7) is 2.26. The van der Waals surface area contributed by atoms with Crippen molar-refractivity contribution in [3.63, 3.8) is 0 Å². The summed E-state index contributed by atoms with van der Waals surface area (Å²) < 4.78 is 5.65. The molecule has 3 N–H and O–H groups in total. The van der Waals surface area contributed by atoms with Gasteiger partial charge >= 0.3 is 0 Å². The van der Waals surface area contributed by atoms with Gasteiger partial charge in [-0.25, -0.2) is 0 Å². The quantitative estimate of drug-likeness (QED) is 0.336. The van der Waals surface area contributed by atoms with Crippen LogP contribution >= 0.6 is 11.6 Å². The number of hydrazine groups is 1. The van der Waals surface area contributed by atoms with Crippen molar-refractivity contribution >= 4 is 35.0 Å². The minimum absolute atomic E-state index is 0.192. The van der Waals surface area contributed by atoms with Gasteiger partial charge in [-0.1, -0.05) is 29.8 Å². The highest BCUT2D eigenvalue weighted by Crippen LogP contribution is 2.21. The van der Waals surface area contributed by atoms with Crippen LogP contribution in [0.5, 0.6) is 5.75 Å². The van der Waals surface area contributed by atoms with Crippen LogP contribution in [0.2, 0.25) is 5.02 Å². The molecule has 0 fully saturated rings. The van der Waals surface area contributed by atoms with Gasteiger partial charge in [-0.2, -0.15) is 0 Å². The highest BCUT2D eigenvalue weighted by atomic mass is 35.5. The van der Waals surface area contributed by atoms with Gasteiger partial charge in [-0.3, -0.25) is 25.2 Å². The van der Waals surface area contributed by atoms with Crippen LogP contribution in [0.15, 0.2) is 72.8 Å². The van der Waals surface area contributed by atoms with Crippen LogP contribution in [0.3, 0.4) is 0 Å². The third-order valence-electron chi connectivity index (χ3n) is 4.70. The predicted octanol–water partition coefficient (Wildman–Crippen LogP) is 4.52. The molecular weight excluding hydrogens is 442 g/mol. The number of rotatable bonds is 8. The molecule has 33 heavy (non-hydrogen) atoms. The summed E-state index contributed by atoms with van der Waals surface area (Å²) in [5.41, 5.74) is 7.12. The number of hydrogen-bond donors (Lipinski definition) is 3. The van der Waals surface area contributed by atoms with Crippen LogP contribution in [-0.2, 0) is 4.79 Å². The number of benzene rings is 3. The van der Waals surface area contributed by atoms with E-state index < -0.39 is 5.91 Å². The number of nitrogens with one attached hydrogen (secondary N) is 3. The van der Waals surface area contributed by atoms with Crippen molar-refractivity contribution in [2.24, 2.45) is 0 Å². The van der Waals surface area contributed by atoms with Crippen LogP contribution in [0.4, 0.5) is 5.69 Å². The smallest absolute Gasteiger partial charge is 0.269 e. The number of ether oxygens (including phenoxy) is 1. The lowest BCUT2D eigenvalue weighted by atomic mass is 10.1. The SMILES string of the molecule is Cc1cc(Cl)ccc1OCCCC(=O)NNC(=O)c1ccc(NC(=O)c2ccccc2)cc1. The van der Waals surface area contributed by atoms with Crippen molar-refractivity contribution in [3.8, 4) is 5.75 Å². The highest BCUT2D eigenvalue weighted by molar-refractivity contribution is 6.30. The largest absolute Gasteiger partial charge is 0.493 e. The number of halogens is 1. The molecule has 0 radical (unpaired) electrons. The molecule has 0 saturated carbocycles. The van der Waals surface area contributed by atoms with Gasteiger partial charge in [0.15, 0.2) is 0 Å². The van der Waals surface area contributed by atoms with Crippen LogP contribution in [-0.4, -0.2) is 24.3 Å². The molecule has 0 aromatic heterocycles. The van der Waals surface area contributed by atoms with E-state index >= 15 is 0 Å². The van der Waals surface area contributed by atoms with Gasteiger partial charge in [0.25, 0.3) is 11.8 Å². The normalized spacial score (nSPS) is 10.2. The first-order valence-electron chi connectivity index (χ1n) is 10.4. The van der Waals surface area contributed by atoms with Crippen molar-refractivity contribution in [2.75, 3.05) is 11.9 Å². The molecule has 3 aromatic rings. The molecule has 0 heterocycles. The summed E-state index contributed by atoms with van der Waals surface area (Å²) in [6.07, 6.45) is 0.678. The monoisotopic (exact) mass is 465 g/mol. The van der Waals surface area contributed by atoms with E-state index in [2.05, 4.69) is 16.2 Å². The first-order chi connectivity index (χ1) is 15.9. The highest BCUT2D eigenvalue weighted by Gasteiger charge is 2.09. The minimum Gasteiger partial charge on any atom is -0.493 e. The summed E-state index contributed by atoms with van der Waals surface area (Å²) in [4.78, 5) is 36.4. The Morgan fingerprint density at radius 2 is 1.55 bits per heavy atom. The molecule has 0 saturated heterocycles. The fourth-order valence-electron chi connectivity index (χ4n) is 2.95. The summed E-state index contributed by atoms with van der Waals surface area (Å²) >= 11 is 5.92. The standard InChI is InChI=1S/C25H24ClN3O4/c1-17-16-20(26)11-14-22(17)33-15-5-8-23(30)28-29-25(32)19-9-12-21(13-10-19)27-24(31)18-6-3-2-4-7-18/h2-4,6-7,9-14,16H,5,8,15H2,1H3,(H,27,31)(H,28,30)(H,29,32). The molecule has 7 nitrogen and oxygen atoms in total. The molecule has 3 aromatic carbocycles. The van der Waals surface area contributed by atoms with E-state index in [0.29, 0.717) is 34.9 Å². The lowest BCUT2D eigenvalue weighted by molar-refractivity contribution is -0.122. The molecule has 0 unspecified atom stereocenters. The number of hydrogen-bond acceptors (Lipinski definition) is 4. The Bertz CT molecular complexity index is 1120. The molecular formula is C25H24ClN3O4. The van der Waals surface area contributed by atoms with Crippen molar-refractivity contribution in [2.45, 2.75) is 19.8 Å². The topological polar surface area (TPSA) is 96.5 Å². The predicted molar refractivity (Wildman–Crippen MR) is 127 cm³/mol. The average Bonchev–Trinajstić information content (AvgIpc) is 2.82. The van der Waals surface area contributed by atoms with E-state index in [4.69, 9.17) is 16.3 Å². The first-order valence-corrected chi connectivity index (χ1v) is 10.7. The Labute approximate surface area is 197 Å². The third kappa shape index (κ3) is 7.36. The zero-order valence-electron chi connectivity index (χ0n) is 18.1. The Kier molecular flexibility index (Phi) is 8.43. The van der Waals surface area contributed by atoms with E-state index in [1.807, 2.05) is 19.1 Å². The zero-order chi connectivity index (χ0) is 23.6. The molecule has 3 rings (SSSR count). The Balaban J connectivity index is 1.38. The maximum Gasteiger partial charge on any atom is 0.269 e. The van der Waals surface area contributed by atoms with E-state index in [9.17, 15) is 14.4 Å². The van der Waals surface area contributed by atoms with E-state index in [1.165, 1.54) is 0 Å². The van der Waals surface area contributed by atoms with Gasteiger partial charge in [-0.15, -0.1) is 0 Å². The number of carbonyl (C=O) groups excluding carboxylic acids is 3. The second-order valence-corrected chi connectivity index (χ2v) is 7.70. The first kappa shape index (κ1) is 23.8. The van der Waals surface area contributed by atoms with Crippen molar-refractivity contribution < 1.29 is 19.1 Å². The number of carbonyl (C=O) groups is 3. The van der Waals surface area contributed by atoms with E-state index in [0.717, 1.165) is 11.3 Å². The van der Waals surface area contributed by atoms with E-state index in [1.54, 1.807) is 60.7 Å². The van der Waals surface area contributed by atoms with E-state index in [-0.39, 0.29) is 18.2 Å². The Morgan fingerprint density at radius 3 is 2.24 bits per heavy atom. The second-order valence-electron chi connectivity index (χ2n) is 7.26. The molecule has 0 aliphatic rings. The molecule has 8 heteroatoms. The average molecular weight is 466 g/mol. The number of amides is 3. The Morgan fingerprint density at radius 1 is 0.848 bits per heavy atom. The van der Waals surface area contributed by atoms with Crippen LogP contribution in [0, 0.1) is 6.92 Å². The van der Waals surface area contributed by atoms with Gasteiger partial charge in [0.1, 0.15) is 5.75 Å². The fourth-order valence-corrected chi connectivity index (χ4v) is 3.18. The van der Waals surface area contributed by atoms with Gasteiger partial charge in [-0.05, 0) is 73.5 Å². The number of aryl methyl sites for hydroxylation is 1.